The van der Waals surface area contributed by atoms with Gasteiger partial charge in [-0.3, -0.25) is 0 Å². The van der Waals surface area contributed by atoms with Crippen LogP contribution in [0.1, 0.15) is 13.3 Å². The van der Waals surface area contributed by atoms with E-state index in [2.05, 4.69) is 16.9 Å². The van der Waals surface area contributed by atoms with Gasteiger partial charge in [0.05, 0.1) is 0 Å². The number of hydrogen-bond donors (Lipinski definition) is 0. The maximum atomic E-state index is 2.32. The second-order valence-corrected chi connectivity index (χ2v) is 4.16. The molecule has 0 aliphatic heterocycles. The van der Waals surface area contributed by atoms with Gasteiger partial charge in [-0.2, -0.15) is 0 Å². The summed E-state index contributed by atoms with van der Waals surface area (Å²) in [5.41, 5.74) is 0. The van der Waals surface area contributed by atoms with Crippen molar-refractivity contribution in [3.8, 4) is 0 Å². The van der Waals surface area contributed by atoms with E-state index in [1.54, 1.807) is 0 Å². The molecule has 0 spiro atoms. The number of nitrogens with zero attached hydrogens (tertiary/aromatic N) is 1. The van der Waals surface area contributed by atoms with Crippen LogP contribution < -0.4 is 0 Å². The molecule has 0 aliphatic carbocycles. The van der Waals surface area contributed by atoms with Gasteiger partial charge in [0.15, 0.2) is 0 Å². The molecule has 0 atom stereocenters. The minimum atomic E-state index is 1.21. The third kappa shape index (κ3) is 4.83. The van der Waals surface area contributed by atoms with Gasteiger partial charge in [0.25, 0.3) is 0 Å². The Bertz CT molecular complexity index is 28.7. The fourth-order valence-corrected chi connectivity index (χ4v) is 1.14. The quantitative estimate of drug-likeness (QED) is 0.655. The van der Waals surface area contributed by atoms with Crippen LogP contribution in [0.25, 0.3) is 0 Å². The van der Waals surface area contributed by atoms with Crippen molar-refractivity contribution in [2.24, 2.45) is 0 Å². The van der Waals surface area contributed by atoms with Crippen molar-refractivity contribution in [2.45, 2.75) is 13.3 Å². The van der Waals surface area contributed by atoms with E-state index >= 15 is 0 Å². The molecular weight excluding hydrogens is 241 g/mol. The van der Waals surface area contributed by atoms with E-state index in [4.69, 9.17) is 0 Å². The van der Waals surface area contributed by atoms with E-state index in [0.717, 1.165) is 0 Å². The molecule has 0 saturated carbocycles. The molecule has 0 aliphatic rings. The molecule has 0 bridgehead atoms. The summed E-state index contributed by atoms with van der Waals surface area (Å²) in [6.07, 6.45) is 1.29. The molecule has 0 aromatic rings. The molecule has 2 heteroatoms. The Morgan fingerprint density at radius 3 is 2.17 bits per heavy atom. The molecule has 0 saturated heterocycles. The second kappa shape index (κ2) is 4.00. The van der Waals surface area contributed by atoms with E-state index in [-0.39, 0.29) is 0 Å². The summed E-state index contributed by atoms with van der Waals surface area (Å²) in [5.74, 6) is 0. The summed E-state index contributed by atoms with van der Waals surface area (Å²) < 4.78 is 2.32. The van der Waals surface area contributed by atoms with Crippen LogP contribution in [0.4, 0.5) is 0 Å². The molecule has 0 amide bonds. The van der Waals surface area contributed by atoms with Gasteiger partial charge in [-0.25, -0.2) is 0 Å². The fourth-order valence-electron chi connectivity index (χ4n) is 0.335. The second-order valence-electron chi connectivity index (χ2n) is 1.42. The zero-order chi connectivity index (χ0) is 4.99. The van der Waals surface area contributed by atoms with Crippen molar-refractivity contribution >= 4 is 0 Å². The summed E-state index contributed by atoms with van der Waals surface area (Å²) in [4.78, 5) is 0. The van der Waals surface area contributed by atoms with Crippen molar-refractivity contribution < 1.29 is 24.7 Å². The van der Waals surface area contributed by atoms with E-state index in [0.29, 0.717) is 0 Å². The Labute approximate surface area is 54.7 Å². The van der Waals surface area contributed by atoms with Gasteiger partial charge in [0.1, 0.15) is 0 Å². The van der Waals surface area contributed by atoms with Crippen molar-refractivity contribution in [3.05, 3.63) is 0 Å². The summed E-state index contributed by atoms with van der Waals surface area (Å²) in [6.45, 7) is 3.47. The molecule has 0 radical (unpaired) electrons. The van der Waals surface area contributed by atoms with Crippen LogP contribution in [0, 0.1) is 0 Å². The average Bonchev–Trinajstić information content (AvgIpc) is 1.35. The van der Waals surface area contributed by atoms with Gasteiger partial charge in [0, 0.05) is 0 Å². The number of rotatable bonds is 2. The minimum absolute atomic E-state index is 1.21. The average molecular weight is 251 g/mol. The molecule has 6 heavy (non-hydrogen) atoms. The standard InChI is InChI=1S/C4H10N.Hf/c1-3-4-5-2;/h3-4H2,1-2H3;/q-1;+1. The molecule has 35 valence electrons. The van der Waals surface area contributed by atoms with Gasteiger partial charge in [-0.05, 0) is 0 Å². The Morgan fingerprint density at radius 1 is 1.67 bits per heavy atom. The normalized spacial score (nSPS) is 9.67. The molecule has 0 aromatic heterocycles. The number of hydrogen-bond acceptors (Lipinski definition) is 1. The molecule has 0 N–H and O–H groups in total. The third-order valence-electron chi connectivity index (χ3n) is 0.559. The van der Waals surface area contributed by atoms with Gasteiger partial charge < -0.3 is 0 Å². The summed E-state index contributed by atoms with van der Waals surface area (Å²) in [7, 11) is 2.15. The predicted molar refractivity (Wildman–Crippen MR) is 22.9 cm³/mol. The molecule has 0 heterocycles. The Balaban J connectivity index is 2.63. The first kappa shape index (κ1) is 6.83. The Kier molecular flexibility index (Phi) is 4.56. The summed E-state index contributed by atoms with van der Waals surface area (Å²) >= 11 is 1.21. The van der Waals surface area contributed by atoms with Crippen LogP contribution >= 0.6 is 0 Å². The molecule has 0 fully saturated rings. The van der Waals surface area contributed by atoms with Crippen LogP contribution in [0.3, 0.4) is 0 Å². The predicted octanol–water partition coefficient (Wildman–Crippen LogP) is 0.790. The van der Waals surface area contributed by atoms with Crippen LogP contribution in [-0.4, -0.2) is 16.5 Å². The van der Waals surface area contributed by atoms with Gasteiger partial charge >= 0.3 is 54.5 Å². The monoisotopic (exact) mass is 252 g/mol. The van der Waals surface area contributed by atoms with Crippen molar-refractivity contribution in [3.63, 3.8) is 0 Å². The van der Waals surface area contributed by atoms with Crippen LogP contribution in [0.2, 0.25) is 0 Å². The third-order valence-corrected chi connectivity index (χ3v) is 1.36. The van der Waals surface area contributed by atoms with E-state index in [9.17, 15) is 0 Å². The Morgan fingerprint density at radius 2 is 2.17 bits per heavy atom. The first-order chi connectivity index (χ1) is 2.77. The molecule has 0 aromatic carbocycles. The fraction of sp³-hybridized carbons (Fsp3) is 1.00. The van der Waals surface area contributed by atoms with Crippen molar-refractivity contribution in [2.75, 3.05) is 13.6 Å². The van der Waals surface area contributed by atoms with Gasteiger partial charge in [-0.1, -0.05) is 0 Å². The molecule has 1 nitrogen and oxygen atoms in total. The van der Waals surface area contributed by atoms with Gasteiger partial charge in [0.2, 0.25) is 0 Å². The maximum absolute atomic E-state index is 2.32. The van der Waals surface area contributed by atoms with Crippen molar-refractivity contribution in [1.29, 1.82) is 0 Å². The molecule has 0 unspecified atom stereocenters. The molecular formula is C4H10HfN. The van der Waals surface area contributed by atoms with Crippen LogP contribution in [-0.2, 0) is 24.7 Å². The van der Waals surface area contributed by atoms with E-state index in [1.165, 1.54) is 37.6 Å². The topological polar surface area (TPSA) is 3.24 Å². The summed E-state index contributed by atoms with van der Waals surface area (Å²) in [5, 5.41) is 0. The first-order valence-electron chi connectivity index (χ1n) is 2.19. The molecule has 0 rings (SSSR count). The Hall–Kier alpha value is 0.830. The first-order valence-corrected chi connectivity index (χ1v) is 3.80. The zero-order valence-electron chi connectivity index (χ0n) is 4.36. The zero-order valence-corrected chi connectivity index (χ0v) is 7.95. The van der Waals surface area contributed by atoms with Crippen LogP contribution in [0.5, 0.6) is 0 Å². The SMILES string of the molecule is CCC[N](C)[Hf]. The van der Waals surface area contributed by atoms with Crippen LogP contribution in [0.15, 0.2) is 0 Å². The summed E-state index contributed by atoms with van der Waals surface area (Å²) in [6, 6.07) is 0. The van der Waals surface area contributed by atoms with Gasteiger partial charge in [-0.15, -0.1) is 0 Å². The van der Waals surface area contributed by atoms with E-state index < -0.39 is 0 Å². The van der Waals surface area contributed by atoms with Crippen molar-refractivity contribution in [1.82, 2.24) is 2.89 Å². The van der Waals surface area contributed by atoms with E-state index in [1.807, 2.05) is 0 Å².